The highest BCUT2D eigenvalue weighted by Crippen LogP contribution is 2.12. The molecule has 1 N–H and O–H groups in total. The summed E-state index contributed by atoms with van der Waals surface area (Å²) in [6.45, 7) is 0.831. The molecule has 1 aliphatic rings. The predicted molar refractivity (Wildman–Crippen MR) is 98.1 cm³/mol. The maximum Gasteiger partial charge on any atom is 0.248 e. The highest BCUT2D eigenvalue weighted by Gasteiger charge is 2.27. The minimum atomic E-state index is -3.76. The summed E-state index contributed by atoms with van der Waals surface area (Å²) in [6.07, 6.45) is 0.286. The first-order chi connectivity index (χ1) is 12.9. The van der Waals surface area contributed by atoms with Gasteiger partial charge in [-0.25, -0.2) is 17.5 Å². The molecule has 0 radical (unpaired) electrons. The topological polar surface area (TPSA) is 75.7 Å². The lowest BCUT2D eigenvalue weighted by molar-refractivity contribution is -0.148. The number of hydrogen-bond donors (Lipinski definition) is 1. The molecule has 0 aliphatic carbocycles. The number of nitrogens with one attached hydrogen (secondary N) is 1. The van der Waals surface area contributed by atoms with Crippen molar-refractivity contribution in [2.75, 3.05) is 26.2 Å². The molecule has 144 valence electrons. The fourth-order valence-corrected chi connectivity index (χ4v) is 3.90. The SMILES string of the molecule is O=C1COC(CNS(=O)(=O)c2ccc(F)cc2)CN1CCc1ccccc1. The van der Waals surface area contributed by atoms with Gasteiger partial charge >= 0.3 is 0 Å². The van der Waals surface area contributed by atoms with Crippen LogP contribution in [-0.4, -0.2) is 51.6 Å². The number of ether oxygens (including phenoxy) is 1. The number of carbonyl (C=O) groups excluding carboxylic acids is 1. The number of halogens is 1. The summed E-state index contributed by atoms with van der Waals surface area (Å²) in [7, 11) is -3.76. The van der Waals surface area contributed by atoms with Crippen LogP contribution in [0.3, 0.4) is 0 Å². The van der Waals surface area contributed by atoms with Crippen molar-refractivity contribution in [3.05, 3.63) is 66.0 Å². The second-order valence-corrected chi connectivity index (χ2v) is 8.08. The molecule has 1 atom stereocenters. The van der Waals surface area contributed by atoms with Gasteiger partial charge in [-0.05, 0) is 36.2 Å². The summed E-state index contributed by atoms with van der Waals surface area (Å²) in [5, 5.41) is 0. The Labute approximate surface area is 158 Å². The van der Waals surface area contributed by atoms with Gasteiger partial charge in [0.2, 0.25) is 15.9 Å². The lowest BCUT2D eigenvalue weighted by Gasteiger charge is -2.32. The third kappa shape index (κ3) is 5.35. The van der Waals surface area contributed by atoms with Crippen molar-refractivity contribution >= 4 is 15.9 Å². The Bertz CT molecular complexity index is 872. The third-order valence-corrected chi connectivity index (χ3v) is 5.80. The molecule has 6 nitrogen and oxygen atoms in total. The van der Waals surface area contributed by atoms with E-state index < -0.39 is 21.9 Å². The summed E-state index contributed by atoms with van der Waals surface area (Å²) in [6, 6.07) is 14.4. The molecule has 0 bridgehead atoms. The maximum absolute atomic E-state index is 13.0. The van der Waals surface area contributed by atoms with E-state index in [0.717, 1.165) is 24.1 Å². The molecule has 1 unspecified atom stereocenters. The number of amides is 1. The largest absolute Gasteiger partial charge is 0.365 e. The summed E-state index contributed by atoms with van der Waals surface area (Å²) < 4.78 is 45.4. The van der Waals surface area contributed by atoms with Crippen molar-refractivity contribution in [1.82, 2.24) is 9.62 Å². The van der Waals surface area contributed by atoms with E-state index in [1.165, 1.54) is 12.1 Å². The van der Waals surface area contributed by atoms with Gasteiger partial charge in [0.1, 0.15) is 12.4 Å². The van der Waals surface area contributed by atoms with E-state index in [-0.39, 0.29) is 24.0 Å². The van der Waals surface area contributed by atoms with Crippen molar-refractivity contribution in [2.24, 2.45) is 0 Å². The standard InChI is InChI=1S/C19H21FN2O4S/c20-16-6-8-18(9-7-16)27(24,25)21-12-17-13-22(19(23)14-26-17)11-10-15-4-2-1-3-5-15/h1-9,17,21H,10-14H2. The van der Waals surface area contributed by atoms with E-state index in [0.29, 0.717) is 13.1 Å². The molecule has 0 saturated carbocycles. The zero-order valence-corrected chi connectivity index (χ0v) is 15.5. The van der Waals surface area contributed by atoms with Gasteiger partial charge in [-0.3, -0.25) is 4.79 Å². The monoisotopic (exact) mass is 392 g/mol. The Morgan fingerprint density at radius 3 is 2.52 bits per heavy atom. The Balaban J connectivity index is 1.54. The molecule has 2 aromatic carbocycles. The van der Waals surface area contributed by atoms with Crippen LogP contribution in [0.25, 0.3) is 0 Å². The highest BCUT2D eigenvalue weighted by atomic mass is 32.2. The fraction of sp³-hybridized carbons (Fsp3) is 0.316. The van der Waals surface area contributed by atoms with Crippen LogP contribution < -0.4 is 4.72 Å². The first kappa shape index (κ1) is 19.5. The molecule has 8 heteroatoms. The summed E-state index contributed by atoms with van der Waals surface area (Å²) in [5.41, 5.74) is 1.13. The number of nitrogens with zero attached hydrogens (tertiary/aromatic N) is 1. The van der Waals surface area contributed by atoms with Crippen LogP contribution in [0.2, 0.25) is 0 Å². The molecule has 3 rings (SSSR count). The predicted octanol–water partition coefficient (Wildman–Crippen LogP) is 1.57. The lowest BCUT2D eigenvalue weighted by atomic mass is 10.1. The number of carbonyl (C=O) groups is 1. The molecule has 1 aliphatic heterocycles. The van der Waals surface area contributed by atoms with Crippen LogP contribution in [0.15, 0.2) is 59.5 Å². The van der Waals surface area contributed by atoms with Crippen molar-refractivity contribution in [3.8, 4) is 0 Å². The molecular formula is C19H21FN2O4S. The van der Waals surface area contributed by atoms with E-state index in [1.54, 1.807) is 4.90 Å². The van der Waals surface area contributed by atoms with E-state index >= 15 is 0 Å². The first-order valence-corrected chi connectivity index (χ1v) is 10.1. The van der Waals surface area contributed by atoms with Gasteiger partial charge < -0.3 is 9.64 Å². The molecule has 1 heterocycles. The summed E-state index contributed by atoms with van der Waals surface area (Å²) in [5.74, 6) is -0.610. The number of sulfonamides is 1. The minimum absolute atomic E-state index is 0.0169. The van der Waals surface area contributed by atoms with Crippen LogP contribution in [-0.2, 0) is 26.0 Å². The zero-order chi connectivity index (χ0) is 19.3. The van der Waals surface area contributed by atoms with E-state index in [9.17, 15) is 17.6 Å². The quantitative estimate of drug-likeness (QED) is 0.776. The molecule has 2 aromatic rings. The highest BCUT2D eigenvalue weighted by molar-refractivity contribution is 7.89. The number of benzene rings is 2. The molecule has 0 spiro atoms. The van der Waals surface area contributed by atoms with Crippen LogP contribution >= 0.6 is 0 Å². The Kier molecular flexibility index (Phi) is 6.20. The Morgan fingerprint density at radius 1 is 1.11 bits per heavy atom. The van der Waals surface area contributed by atoms with Crippen molar-refractivity contribution in [3.63, 3.8) is 0 Å². The fourth-order valence-electron chi connectivity index (χ4n) is 2.83. The van der Waals surface area contributed by atoms with E-state index in [1.807, 2.05) is 30.3 Å². The summed E-state index contributed by atoms with van der Waals surface area (Å²) >= 11 is 0. The van der Waals surface area contributed by atoms with Crippen LogP contribution in [0, 0.1) is 5.82 Å². The average Bonchev–Trinajstić information content (AvgIpc) is 2.67. The van der Waals surface area contributed by atoms with Gasteiger partial charge in [0.15, 0.2) is 0 Å². The number of morpholine rings is 1. The van der Waals surface area contributed by atoms with Crippen LogP contribution in [0.4, 0.5) is 4.39 Å². The number of hydrogen-bond acceptors (Lipinski definition) is 4. The number of rotatable bonds is 7. The molecule has 1 fully saturated rings. The first-order valence-electron chi connectivity index (χ1n) is 8.62. The zero-order valence-electron chi connectivity index (χ0n) is 14.7. The normalized spacial score (nSPS) is 17.9. The molecule has 1 amide bonds. The van der Waals surface area contributed by atoms with Gasteiger partial charge in [-0.15, -0.1) is 0 Å². The summed E-state index contributed by atoms with van der Waals surface area (Å²) in [4.78, 5) is 13.7. The lowest BCUT2D eigenvalue weighted by Crippen LogP contribution is -2.50. The van der Waals surface area contributed by atoms with Crippen LogP contribution in [0.5, 0.6) is 0 Å². The van der Waals surface area contributed by atoms with Gasteiger partial charge in [-0.1, -0.05) is 30.3 Å². The van der Waals surface area contributed by atoms with Gasteiger partial charge in [0.25, 0.3) is 0 Å². The van der Waals surface area contributed by atoms with Gasteiger partial charge in [0, 0.05) is 19.6 Å². The second-order valence-electron chi connectivity index (χ2n) is 6.31. The van der Waals surface area contributed by atoms with Crippen LogP contribution in [0.1, 0.15) is 5.56 Å². The Morgan fingerprint density at radius 2 is 1.81 bits per heavy atom. The second kappa shape index (κ2) is 8.60. The van der Waals surface area contributed by atoms with E-state index in [4.69, 9.17) is 4.74 Å². The van der Waals surface area contributed by atoms with Crippen molar-refractivity contribution in [1.29, 1.82) is 0 Å². The molecular weight excluding hydrogens is 371 g/mol. The molecule has 1 saturated heterocycles. The maximum atomic E-state index is 13.0. The van der Waals surface area contributed by atoms with E-state index in [2.05, 4.69) is 4.72 Å². The Hall–Kier alpha value is -2.29. The molecule has 27 heavy (non-hydrogen) atoms. The van der Waals surface area contributed by atoms with Gasteiger partial charge in [0.05, 0.1) is 11.0 Å². The average molecular weight is 392 g/mol. The molecule has 0 aromatic heterocycles. The smallest absolute Gasteiger partial charge is 0.248 e. The minimum Gasteiger partial charge on any atom is -0.365 e. The van der Waals surface area contributed by atoms with Crippen molar-refractivity contribution in [2.45, 2.75) is 17.4 Å². The third-order valence-electron chi connectivity index (χ3n) is 4.36. The van der Waals surface area contributed by atoms with Crippen molar-refractivity contribution < 1.29 is 22.3 Å². The van der Waals surface area contributed by atoms with Gasteiger partial charge in [-0.2, -0.15) is 0 Å².